The minimum atomic E-state index is 0.266. The summed E-state index contributed by atoms with van der Waals surface area (Å²) in [6.07, 6.45) is 0. The van der Waals surface area contributed by atoms with Gasteiger partial charge >= 0.3 is 0 Å². The molecule has 0 aliphatic carbocycles. The summed E-state index contributed by atoms with van der Waals surface area (Å²) < 4.78 is 5.66. The van der Waals surface area contributed by atoms with Crippen LogP contribution in [0.2, 0.25) is 0 Å². The number of aryl methyl sites for hydroxylation is 1. The fraction of sp³-hybridized carbons (Fsp3) is 0.100. The molecule has 0 aliphatic rings. The van der Waals surface area contributed by atoms with E-state index >= 15 is 0 Å². The number of phenolic OH excluding ortho intramolecular Hbond substituents is 1. The second kappa shape index (κ2) is 5.94. The summed E-state index contributed by atoms with van der Waals surface area (Å²) in [6, 6.07) is 21.9. The third-order valence-electron chi connectivity index (χ3n) is 3.79. The van der Waals surface area contributed by atoms with E-state index in [0.29, 0.717) is 5.75 Å². The normalized spacial score (nSPS) is 10.5. The second-order valence-corrected chi connectivity index (χ2v) is 5.23. The molecule has 0 heterocycles. The van der Waals surface area contributed by atoms with E-state index in [0.717, 1.165) is 27.8 Å². The smallest absolute Gasteiger partial charge is 0.138 e. The highest BCUT2D eigenvalue weighted by atomic mass is 16.5. The van der Waals surface area contributed by atoms with E-state index in [1.54, 1.807) is 7.11 Å². The van der Waals surface area contributed by atoms with Crippen LogP contribution in [0.4, 0.5) is 0 Å². The molecule has 0 radical (unpaired) electrons. The fourth-order valence-corrected chi connectivity index (χ4v) is 2.71. The van der Waals surface area contributed by atoms with Gasteiger partial charge in [-0.15, -0.1) is 0 Å². The number of benzene rings is 3. The predicted molar refractivity (Wildman–Crippen MR) is 90.3 cm³/mol. The highest BCUT2D eigenvalue weighted by Crippen LogP contribution is 2.46. The lowest BCUT2D eigenvalue weighted by atomic mass is 9.93. The molecule has 22 heavy (non-hydrogen) atoms. The lowest BCUT2D eigenvalue weighted by molar-refractivity contribution is 0.411. The van der Waals surface area contributed by atoms with Gasteiger partial charge in [0.2, 0.25) is 0 Å². The molecule has 0 saturated carbocycles. The summed E-state index contributed by atoms with van der Waals surface area (Å²) >= 11 is 0. The van der Waals surface area contributed by atoms with Gasteiger partial charge in [-0.25, -0.2) is 0 Å². The van der Waals surface area contributed by atoms with Gasteiger partial charge in [-0.2, -0.15) is 0 Å². The van der Waals surface area contributed by atoms with Crippen molar-refractivity contribution >= 4 is 0 Å². The van der Waals surface area contributed by atoms with Crippen LogP contribution in [0.5, 0.6) is 11.5 Å². The maximum absolute atomic E-state index is 10.6. The lowest BCUT2D eigenvalue weighted by Crippen LogP contribution is -1.94. The average molecular weight is 290 g/mol. The van der Waals surface area contributed by atoms with E-state index in [9.17, 15) is 5.11 Å². The van der Waals surface area contributed by atoms with E-state index in [2.05, 4.69) is 0 Å². The maximum Gasteiger partial charge on any atom is 0.138 e. The Bertz CT molecular complexity index is 778. The molecule has 0 spiro atoms. The van der Waals surface area contributed by atoms with Crippen molar-refractivity contribution in [3.63, 3.8) is 0 Å². The van der Waals surface area contributed by atoms with Crippen LogP contribution in [-0.4, -0.2) is 12.2 Å². The highest BCUT2D eigenvalue weighted by molar-refractivity contribution is 5.87. The van der Waals surface area contributed by atoms with Crippen molar-refractivity contribution in [1.82, 2.24) is 0 Å². The van der Waals surface area contributed by atoms with Crippen LogP contribution in [0, 0.1) is 6.92 Å². The summed E-state index contributed by atoms with van der Waals surface area (Å²) in [5.41, 5.74) is 4.56. The van der Waals surface area contributed by atoms with Gasteiger partial charge < -0.3 is 9.84 Å². The Kier molecular flexibility index (Phi) is 3.84. The Hall–Kier alpha value is -2.74. The van der Waals surface area contributed by atoms with Crippen LogP contribution in [0.15, 0.2) is 66.7 Å². The molecule has 0 aliphatic heterocycles. The third kappa shape index (κ3) is 2.44. The van der Waals surface area contributed by atoms with Crippen LogP contribution in [0.1, 0.15) is 5.56 Å². The first-order chi connectivity index (χ1) is 10.7. The number of hydrogen-bond acceptors (Lipinski definition) is 2. The molecular formula is C20H18O2. The van der Waals surface area contributed by atoms with Gasteiger partial charge in [0.25, 0.3) is 0 Å². The van der Waals surface area contributed by atoms with Gasteiger partial charge in [0.1, 0.15) is 11.5 Å². The summed E-state index contributed by atoms with van der Waals surface area (Å²) in [5.74, 6) is 0.961. The molecule has 110 valence electrons. The molecule has 0 aromatic heterocycles. The predicted octanol–water partition coefficient (Wildman–Crippen LogP) is 5.04. The van der Waals surface area contributed by atoms with Crippen molar-refractivity contribution in [1.29, 1.82) is 0 Å². The molecular weight excluding hydrogens is 272 g/mol. The van der Waals surface area contributed by atoms with Gasteiger partial charge in [0, 0.05) is 5.56 Å². The molecule has 0 atom stereocenters. The Labute approximate surface area is 130 Å². The number of ether oxygens (including phenoxy) is 1. The zero-order valence-corrected chi connectivity index (χ0v) is 12.7. The van der Waals surface area contributed by atoms with Crippen LogP contribution in [0.3, 0.4) is 0 Å². The Morgan fingerprint density at radius 2 is 1.36 bits per heavy atom. The molecule has 0 saturated heterocycles. The fourth-order valence-electron chi connectivity index (χ4n) is 2.71. The maximum atomic E-state index is 10.6. The summed E-state index contributed by atoms with van der Waals surface area (Å²) in [7, 11) is 1.64. The number of hydrogen-bond donors (Lipinski definition) is 1. The van der Waals surface area contributed by atoms with Crippen LogP contribution in [-0.2, 0) is 0 Å². The molecule has 0 amide bonds. The molecule has 2 heteroatoms. The first kappa shape index (κ1) is 14.2. The summed E-state index contributed by atoms with van der Waals surface area (Å²) in [5, 5.41) is 10.6. The second-order valence-electron chi connectivity index (χ2n) is 5.23. The van der Waals surface area contributed by atoms with E-state index < -0.39 is 0 Å². The summed E-state index contributed by atoms with van der Waals surface area (Å²) in [4.78, 5) is 0. The molecule has 3 rings (SSSR count). The summed E-state index contributed by atoms with van der Waals surface area (Å²) in [6.45, 7) is 1.91. The molecule has 0 fully saturated rings. The van der Waals surface area contributed by atoms with Crippen molar-refractivity contribution < 1.29 is 9.84 Å². The number of aromatic hydroxyl groups is 1. The molecule has 3 aromatic rings. The van der Waals surface area contributed by atoms with Gasteiger partial charge in [0.15, 0.2) is 0 Å². The van der Waals surface area contributed by atoms with Crippen molar-refractivity contribution in [2.45, 2.75) is 6.92 Å². The highest BCUT2D eigenvalue weighted by Gasteiger charge is 2.19. The van der Waals surface area contributed by atoms with Crippen molar-refractivity contribution in [2.24, 2.45) is 0 Å². The number of methoxy groups -OCH3 is 1. The lowest BCUT2D eigenvalue weighted by Gasteiger charge is -2.17. The minimum Gasteiger partial charge on any atom is -0.507 e. The number of rotatable bonds is 3. The molecule has 0 unspecified atom stereocenters. The topological polar surface area (TPSA) is 29.5 Å². The zero-order chi connectivity index (χ0) is 15.5. The first-order valence-corrected chi connectivity index (χ1v) is 7.23. The minimum absolute atomic E-state index is 0.266. The molecule has 2 nitrogen and oxygen atoms in total. The van der Waals surface area contributed by atoms with Gasteiger partial charge in [-0.1, -0.05) is 60.7 Å². The standard InChI is InChI=1S/C20H18O2/c1-14-13-17(15-9-5-3-6-10-15)20(22-2)18(19(14)21)16-11-7-4-8-12-16/h3-13,21H,1-2H3. The van der Waals surface area contributed by atoms with Crippen LogP contribution in [0.25, 0.3) is 22.3 Å². The monoisotopic (exact) mass is 290 g/mol. The average Bonchev–Trinajstić information content (AvgIpc) is 2.58. The van der Waals surface area contributed by atoms with Crippen LogP contribution < -0.4 is 4.74 Å². The van der Waals surface area contributed by atoms with E-state index in [1.807, 2.05) is 73.7 Å². The van der Waals surface area contributed by atoms with Gasteiger partial charge in [-0.3, -0.25) is 0 Å². The van der Waals surface area contributed by atoms with Gasteiger partial charge in [0.05, 0.1) is 12.7 Å². The van der Waals surface area contributed by atoms with E-state index in [-0.39, 0.29) is 5.75 Å². The third-order valence-corrected chi connectivity index (χ3v) is 3.79. The quantitative estimate of drug-likeness (QED) is 0.732. The first-order valence-electron chi connectivity index (χ1n) is 7.23. The van der Waals surface area contributed by atoms with Crippen molar-refractivity contribution in [2.75, 3.05) is 7.11 Å². The van der Waals surface area contributed by atoms with E-state index in [1.165, 1.54) is 0 Å². The molecule has 1 N–H and O–H groups in total. The largest absolute Gasteiger partial charge is 0.507 e. The van der Waals surface area contributed by atoms with Gasteiger partial charge in [-0.05, 0) is 29.7 Å². The zero-order valence-electron chi connectivity index (χ0n) is 12.7. The van der Waals surface area contributed by atoms with E-state index in [4.69, 9.17) is 4.74 Å². The van der Waals surface area contributed by atoms with Crippen molar-refractivity contribution in [3.05, 3.63) is 72.3 Å². The van der Waals surface area contributed by atoms with Crippen molar-refractivity contribution in [3.8, 4) is 33.8 Å². The Morgan fingerprint density at radius 1 is 0.818 bits per heavy atom. The SMILES string of the molecule is COc1c(-c2ccccc2)cc(C)c(O)c1-c1ccccc1. The number of phenols is 1. The molecule has 3 aromatic carbocycles. The Morgan fingerprint density at radius 3 is 1.91 bits per heavy atom. The Balaban J connectivity index is 2.32. The van der Waals surface area contributed by atoms with Crippen LogP contribution >= 0.6 is 0 Å². The molecule has 0 bridgehead atoms.